The Bertz CT molecular complexity index is 231. The summed E-state index contributed by atoms with van der Waals surface area (Å²) in [6.07, 6.45) is 7.26. The molecular weight excluding hydrogens is 283 g/mol. The van der Waals surface area contributed by atoms with Gasteiger partial charge in [0.1, 0.15) is 6.54 Å². The second-order valence-electron chi connectivity index (χ2n) is 4.80. The number of rotatable bonds is 8. The van der Waals surface area contributed by atoms with Gasteiger partial charge in [0.05, 0.1) is 6.54 Å². The molecule has 1 aliphatic rings. The molecule has 0 saturated carbocycles. The second-order valence-corrected chi connectivity index (χ2v) is 4.80. The quantitative estimate of drug-likeness (QED) is 0.321. The number of hydrogen-bond acceptors (Lipinski definition) is 0. The number of amidine groups is 1. The van der Waals surface area contributed by atoms with E-state index in [1.54, 1.807) is 0 Å². The predicted molar refractivity (Wildman–Crippen MR) is 65.9 cm³/mol. The summed E-state index contributed by atoms with van der Waals surface area (Å²) in [6, 6.07) is 0. The fourth-order valence-corrected chi connectivity index (χ4v) is 2.27. The SMILES string of the molecule is CCCCC[N+]1=C(F)[NH+](CCCCC)CC1.[Br-]. The first kappa shape index (κ1) is 17.0. The molecule has 0 aromatic heterocycles. The molecule has 1 N–H and O–H groups in total. The molecule has 0 aliphatic carbocycles. The highest BCUT2D eigenvalue weighted by Gasteiger charge is 2.34. The molecule has 1 atom stereocenters. The molecule has 2 nitrogen and oxygen atoms in total. The Labute approximate surface area is 116 Å². The molecule has 0 bridgehead atoms. The minimum atomic E-state index is 0. The van der Waals surface area contributed by atoms with Crippen molar-refractivity contribution in [1.29, 1.82) is 0 Å². The molecule has 4 heteroatoms. The van der Waals surface area contributed by atoms with Gasteiger partial charge in [-0.3, -0.25) is 0 Å². The van der Waals surface area contributed by atoms with Crippen LogP contribution in [0.15, 0.2) is 0 Å². The predicted octanol–water partition coefficient (Wildman–Crippen LogP) is -1.39. The van der Waals surface area contributed by atoms with Crippen LogP contribution in [0.1, 0.15) is 52.4 Å². The van der Waals surface area contributed by atoms with Crippen LogP contribution in [0.5, 0.6) is 0 Å². The van der Waals surface area contributed by atoms with Crippen LogP contribution in [0.3, 0.4) is 0 Å². The first-order valence-corrected chi connectivity index (χ1v) is 6.92. The first-order valence-electron chi connectivity index (χ1n) is 6.92. The Hall–Kier alpha value is 0.0400. The minimum Gasteiger partial charge on any atom is -1.00 e. The lowest BCUT2D eigenvalue weighted by atomic mass is 10.2. The van der Waals surface area contributed by atoms with E-state index in [0.29, 0.717) is 0 Å². The maximum atomic E-state index is 13.9. The van der Waals surface area contributed by atoms with E-state index < -0.39 is 0 Å². The molecule has 1 heterocycles. The monoisotopic (exact) mass is 309 g/mol. The highest BCUT2D eigenvalue weighted by atomic mass is 79.9. The molecule has 0 radical (unpaired) electrons. The van der Waals surface area contributed by atoms with Gasteiger partial charge in [-0.1, -0.05) is 31.1 Å². The molecule has 1 aliphatic heterocycles. The van der Waals surface area contributed by atoms with Crippen LogP contribution < -0.4 is 21.9 Å². The topological polar surface area (TPSA) is 7.45 Å². The zero-order chi connectivity index (χ0) is 11.8. The summed E-state index contributed by atoms with van der Waals surface area (Å²) >= 11 is 0. The van der Waals surface area contributed by atoms with Gasteiger partial charge in [0.15, 0.2) is 13.1 Å². The lowest BCUT2D eigenvalue weighted by molar-refractivity contribution is -0.809. The van der Waals surface area contributed by atoms with E-state index in [4.69, 9.17) is 0 Å². The van der Waals surface area contributed by atoms with Gasteiger partial charge in [0, 0.05) is 6.42 Å². The van der Waals surface area contributed by atoms with Crippen molar-refractivity contribution < 1.29 is 30.8 Å². The Balaban J connectivity index is 0.00000256. The van der Waals surface area contributed by atoms with Crippen molar-refractivity contribution in [3.63, 3.8) is 0 Å². The van der Waals surface area contributed by atoms with Crippen LogP contribution in [-0.4, -0.2) is 36.8 Å². The second kappa shape index (κ2) is 10.0. The number of unbranched alkanes of at least 4 members (excludes halogenated alkanes) is 4. The molecule has 0 spiro atoms. The third-order valence-electron chi connectivity index (χ3n) is 3.37. The van der Waals surface area contributed by atoms with E-state index in [0.717, 1.165) is 43.9 Å². The van der Waals surface area contributed by atoms with Gasteiger partial charge in [-0.05, 0) is 19.3 Å². The summed E-state index contributed by atoms with van der Waals surface area (Å²) in [4.78, 5) is 1.07. The Morgan fingerprint density at radius 2 is 1.76 bits per heavy atom. The number of nitrogens with one attached hydrogen (secondary N) is 1. The average molecular weight is 310 g/mol. The highest BCUT2D eigenvalue weighted by Crippen LogP contribution is 1.96. The summed E-state index contributed by atoms with van der Waals surface area (Å²) in [5.41, 5.74) is 0. The Kier molecular flexibility index (Phi) is 10.0. The van der Waals surface area contributed by atoms with Crippen molar-refractivity contribution >= 4 is 6.09 Å². The van der Waals surface area contributed by atoms with Gasteiger partial charge in [0.2, 0.25) is 0 Å². The Morgan fingerprint density at radius 1 is 1.12 bits per heavy atom. The lowest BCUT2D eigenvalue weighted by Crippen LogP contribution is -3.13. The lowest BCUT2D eigenvalue weighted by Gasteiger charge is -2.04. The van der Waals surface area contributed by atoms with Crippen LogP contribution in [-0.2, 0) is 0 Å². The fourth-order valence-electron chi connectivity index (χ4n) is 2.27. The van der Waals surface area contributed by atoms with E-state index >= 15 is 0 Å². The van der Waals surface area contributed by atoms with Gasteiger partial charge < -0.3 is 17.0 Å². The molecule has 1 rings (SSSR count). The van der Waals surface area contributed by atoms with E-state index in [2.05, 4.69) is 13.8 Å². The number of quaternary nitrogens is 1. The van der Waals surface area contributed by atoms with Crippen LogP contribution in [0, 0.1) is 0 Å². The van der Waals surface area contributed by atoms with Gasteiger partial charge in [-0.15, -0.1) is 4.58 Å². The molecule has 0 amide bonds. The van der Waals surface area contributed by atoms with Gasteiger partial charge in [-0.25, -0.2) is 4.90 Å². The summed E-state index contributed by atoms with van der Waals surface area (Å²) in [5.74, 6) is 0. The zero-order valence-electron chi connectivity index (χ0n) is 11.3. The maximum absolute atomic E-state index is 13.9. The molecule has 0 aromatic carbocycles. The fraction of sp³-hybridized carbons (Fsp3) is 0.923. The third kappa shape index (κ3) is 5.96. The van der Waals surface area contributed by atoms with E-state index in [1.165, 1.54) is 25.7 Å². The largest absolute Gasteiger partial charge is 1.00 e. The van der Waals surface area contributed by atoms with E-state index in [1.807, 2.05) is 4.58 Å². The number of hydrogen-bond donors (Lipinski definition) is 1. The smallest absolute Gasteiger partial charge is 0.535 e. The summed E-state index contributed by atoms with van der Waals surface area (Å²) in [5, 5.41) is 0. The van der Waals surface area contributed by atoms with Crippen LogP contribution in [0.25, 0.3) is 0 Å². The average Bonchev–Trinajstić information content (AvgIpc) is 2.62. The van der Waals surface area contributed by atoms with Crippen molar-refractivity contribution in [3.8, 4) is 0 Å². The number of nitrogens with zero attached hydrogens (tertiary/aromatic N) is 1. The minimum absolute atomic E-state index is 0. The third-order valence-corrected chi connectivity index (χ3v) is 3.37. The number of halogens is 2. The summed E-state index contributed by atoms with van der Waals surface area (Å²) < 4.78 is 15.9. The van der Waals surface area contributed by atoms with Gasteiger partial charge >= 0.3 is 6.09 Å². The van der Waals surface area contributed by atoms with E-state index in [9.17, 15) is 4.39 Å². The van der Waals surface area contributed by atoms with Gasteiger partial charge in [0.25, 0.3) is 0 Å². The zero-order valence-corrected chi connectivity index (χ0v) is 12.9. The summed E-state index contributed by atoms with van der Waals surface area (Å²) in [7, 11) is 0. The Morgan fingerprint density at radius 3 is 2.41 bits per heavy atom. The van der Waals surface area contributed by atoms with E-state index in [-0.39, 0.29) is 23.1 Å². The maximum Gasteiger partial charge on any atom is 0.535 e. The van der Waals surface area contributed by atoms with Gasteiger partial charge in [-0.2, -0.15) is 0 Å². The molecule has 0 aromatic rings. The van der Waals surface area contributed by atoms with Crippen LogP contribution >= 0.6 is 0 Å². The molecular formula is C13H27BrFN2+. The molecule has 0 saturated heterocycles. The first-order chi connectivity index (χ1) is 7.79. The highest BCUT2D eigenvalue weighted by molar-refractivity contribution is 5.57. The molecule has 0 fully saturated rings. The molecule has 1 unspecified atom stereocenters. The van der Waals surface area contributed by atoms with Crippen LogP contribution in [0.4, 0.5) is 4.39 Å². The van der Waals surface area contributed by atoms with Crippen molar-refractivity contribution in [2.45, 2.75) is 52.4 Å². The van der Waals surface area contributed by atoms with Crippen molar-refractivity contribution in [1.82, 2.24) is 0 Å². The van der Waals surface area contributed by atoms with Crippen molar-refractivity contribution in [3.05, 3.63) is 0 Å². The van der Waals surface area contributed by atoms with Crippen molar-refractivity contribution in [2.24, 2.45) is 0 Å². The summed E-state index contributed by atoms with van der Waals surface area (Å²) in [6.45, 7) is 8.14. The normalized spacial score (nSPS) is 19.6. The molecule has 17 heavy (non-hydrogen) atoms. The van der Waals surface area contributed by atoms with Crippen molar-refractivity contribution in [2.75, 3.05) is 26.2 Å². The van der Waals surface area contributed by atoms with Crippen LogP contribution in [0.2, 0.25) is 0 Å². The molecule has 102 valence electrons. The standard InChI is InChI=1S/C13H26FN2.BrH/c1-3-5-7-9-15-11-12-16(13(15)14)10-8-6-4-2;/h3-12H2,1-2H3;1H/q+1;.